The maximum atomic E-state index is 14.0. The van der Waals surface area contributed by atoms with E-state index < -0.39 is 12.0 Å². The Labute approximate surface area is 272 Å². The van der Waals surface area contributed by atoms with Crippen LogP contribution in [-0.4, -0.2) is 30.5 Å². The molecule has 0 spiro atoms. The highest BCUT2D eigenvalue weighted by Gasteiger charge is 2.34. The molecule has 0 N–H and O–H groups in total. The Kier molecular flexibility index (Phi) is 8.89. The number of nitrogens with zero attached hydrogens (tertiary/aromatic N) is 2. The molecule has 1 aromatic heterocycles. The zero-order valence-corrected chi connectivity index (χ0v) is 26.9. The predicted molar refractivity (Wildman–Crippen MR) is 171 cm³/mol. The first-order valence-corrected chi connectivity index (χ1v) is 15.8. The largest absolute Gasteiger partial charge is 0.490 e. The maximum Gasteiger partial charge on any atom is 0.338 e. The van der Waals surface area contributed by atoms with Crippen molar-refractivity contribution in [2.75, 3.05) is 20.0 Å². The van der Waals surface area contributed by atoms with Crippen molar-refractivity contribution in [1.29, 1.82) is 0 Å². The van der Waals surface area contributed by atoms with E-state index in [-0.39, 0.29) is 31.1 Å². The Morgan fingerprint density at radius 1 is 1.02 bits per heavy atom. The van der Waals surface area contributed by atoms with Crippen LogP contribution in [0, 0.1) is 0 Å². The van der Waals surface area contributed by atoms with Gasteiger partial charge in [-0.15, -0.1) is 0 Å². The van der Waals surface area contributed by atoms with E-state index in [1.807, 2.05) is 31.2 Å². The summed E-state index contributed by atoms with van der Waals surface area (Å²) in [5.41, 5.74) is 2.64. The lowest BCUT2D eigenvalue weighted by molar-refractivity contribution is -0.139. The number of rotatable bonds is 9. The van der Waals surface area contributed by atoms with Gasteiger partial charge in [-0.2, -0.15) is 0 Å². The monoisotopic (exact) mass is 666 g/mol. The van der Waals surface area contributed by atoms with Gasteiger partial charge >= 0.3 is 5.97 Å². The summed E-state index contributed by atoms with van der Waals surface area (Å²) in [6.45, 7) is 6.27. The predicted octanol–water partition coefficient (Wildman–Crippen LogP) is 5.81. The average Bonchev–Trinajstić information content (AvgIpc) is 3.60. The second kappa shape index (κ2) is 13.0. The number of aromatic nitrogens is 1. The fourth-order valence-corrected chi connectivity index (χ4v) is 6.65. The van der Waals surface area contributed by atoms with E-state index in [1.165, 1.54) is 15.9 Å². The van der Waals surface area contributed by atoms with Crippen molar-refractivity contribution in [3.8, 4) is 23.0 Å². The molecule has 1 atom stereocenters. The SMILES string of the molecule is CCOC(=O)C1=C(C)N=c2sc(=Cc3ccc(OCc4ccc(Cl)cc4Cl)c(OCC)c3)c(=O)n2C1c1ccc2c(c1)OCO2. The lowest BCUT2D eigenvalue weighted by Crippen LogP contribution is -2.39. The van der Waals surface area contributed by atoms with Gasteiger partial charge < -0.3 is 23.7 Å². The first-order chi connectivity index (χ1) is 21.8. The summed E-state index contributed by atoms with van der Waals surface area (Å²) in [6, 6.07) is 15.3. The Balaban J connectivity index is 1.39. The van der Waals surface area contributed by atoms with Crippen LogP contribution in [0.3, 0.4) is 0 Å². The summed E-state index contributed by atoms with van der Waals surface area (Å²) in [5, 5.41) is 1.05. The molecule has 0 saturated carbocycles. The van der Waals surface area contributed by atoms with Gasteiger partial charge in [0.2, 0.25) is 6.79 Å². The van der Waals surface area contributed by atoms with Gasteiger partial charge in [-0.1, -0.05) is 52.7 Å². The highest BCUT2D eigenvalue weighted by Crippen LogP contribution is 2.38. The highest BCUT2D eigenvalue weighted by molar-refractivity contribution is 7.07. The Hall–Kier alpha value is -4.25. The van der Waals surface area contributed by atoms with Crippen LogP contribution in [0.2, 0.25) is 10.0 Å². The summed E-state index contributed by atoms with van der Waals surface area (Å²) in [6.07, 6.45) is 1.77. The van der Waals surface area contributed by atoms with Gasteiger partial charge in [0.25, 0.3) is 5.56 Å². The number of allylic oxidation sites excluding steroid dienone is 1. The quantitative estimate of drug-likeness (QED) is 0.208. The Morgan fingerprint density at radius 3 is 2.62 bits per heavy atom. The number of hydrogen-bond donors (Lipinski definition) is 0. The average molecular weight is 668 g/mol. The smallest absolute Gasteiger partial charge is 0.338 e. The number of esters is 1. The van der Waals surface area contributed by atoms with Gasteiger partial charge in [-0.25, -0.2) is 9.79 Å². The molecule has 0 aliphatic carbocycles. The molecule has 12 heteroatoms. The van der Waals surface area contributed by atoms with Crippen LogP contribution in [0.1, 0.15) is 43.5 Å². The van der Waals surface area contributed by atoms with Gasteiger partial charge in [0, 0.05) is 15.6 Å². The molecular weight excluding hydrogens is 639 g/mol. The van der Waals surface area contributed by atoms with Crippen molar-refractivity contribution in [1.82, 2.24) is 4.57 Å². The minimum atomic E-state index is -0.772. The Bertz CT molecular complexity index is 2020. The molecule has 1 unspecified atom stereocenters. The number of carbonyl (C=O) groups excluding carboxylic acids is 1. The van der Waals surface area contributed by atoms with Gasteiger partial charge in [0.05, 0.1) is 35.1 Å². The fraction of sp³-hybridized carbons (Fsp3) is 0.242. The van der Waals surface area contributed by atoms with Crippen LogP contribution in [0.5, 0.6) is 23.0 Å². The molecular formula is C33H28Cl2N2O7S. The third-order valence-corrected chi connectivity index (χ3v) is 8.76. The summed E-state index contributed by atoms with van der Waals surface area (Å²) in [5.74, 6) is 1.64. The fourth-order valence-electron chi connectivity index (χ4n) is 5.14. The molecule has 3 heterocycles. The van der Waals surface area contributed by atoms with E-state index in [0.717, 1.165) is 11.1 Å². The second-order valence-corrected chi connectivity index (χ2v) is 11.9. The molecule has 0 radical (unpaired) electrons. The molecule has 6 rings (SSSR count). The van der Waals surface area contributed by atoms with Crippen molar-refractivity contribution in [2.45, 2.75) is 33.4 Å². The summed E-state index contributed by atoms with van der Waals surface area (Å²) in [7, 11) is 0. The van der Waals surface area contributed by atoms with Crippen molar-refractivity contribution in [3.63, 3.8) is 0 Å². The zero-order valence-electron chi connectivity index (χ0n) is 24.6. The first kappa shape index (κ1) is 30.8. The molecule has 45 heavy (non-hydrogen) atoms. The number of hydrogen-bond acceptors (Lipinski definition) is 9. The molecule has 3 aromatic carbocycles. The number of benzene rings is 3. The van der Waals surface area contributed by atoms with E-state index in [9.17, 15) is 9.59 Å². The van der Waals surface area contributed by atoms with Crippen LogP contribution in [0.15, 0.2) is 75.7 Å². The molecule has 4 aromatic rings. The van der Waals surface area contributed by atoms with Crippen molar-refractivity contribution >= 4 is 46.6 Å². The molecule has 2 aliphatic heterocycles. The van der Waals surface area contributed by atoms with E-state index in [2.05, 4.69) is 4.99 Å². The van der Waals surface area contributed by atoms with Crippen LogP contribution in [0.4, 0.5) is 0 Å². The summed E-state index contributed by atoms with van der Waals surface area (Å²) >= 11 is 13.6. The number of thiazole rings is 1. The van der Waals surface area contributed by atoms with Crippen molar-refractivity contribution in [3.05, 3.63) is 112 Å². The third-order valence-electron chi connectivity index (χ3n) is 7.19. The molecule has 0 saturated heterocycles. The minimum absolute atomic E-state index is 0.101. The van der Waals surface area contributed by atoms with Gasteiger partial charge in [0.1, 0.15) is 6.61 Å². The normalized spacial score (nSPS) is 15.5. The van der Waals surface area contributed by atoms with E-state index in [1.54, 1.807) is 50.3 Å². The van der Waals surface area contributed by atoms with Gasteiger partial charge in [-0.05, 0) is 74.4 Å². The highest BCUT2D eigenvalue weighted by atomic mass is 35.5. The van der Waals surface area contributed by atoms with Crippen molar-refractivity contribution < 1.29 is 28.5 Å². The first-order valence-electron chi connectivity index (χ1n) is 14.2. The number of fused-ring (bicyclic) bond motifs is 2. The zero-order chi connectivity index (χ0) is 31.7. The maximum absolute atomic E-state index is 14.0. The number of ether oxygens (including phenoxy) is 5. The van der Waals surface area contributed by atoms with Crippen LogP contribution < -0.4 is 33.8 Å². The second-order valence-electron chi connectivity index (χ2n) is 10.1. The lowest BCUT2D eigenvalue weighted by Gasteiger charge is -2.24. The summed E-state index contributed by atoms with van der Waals surface area (Å²) in [4.78, 5) is 32.3. The molecule has 232 valence electrons. The van der Waals surface area contributed by atoms with Gasteiger partial charge in [-0.3, -0.25) is 9.36 Å². The molecule has 9 nitrogen and oxygen atoms in total. The third kappa shape index (κ3) is 6.18. The van der Waals surface area contributed by atoms with Crippen LogP contribution in [-0.2, 0) is 16.1 Å². The van der Waals surface area contributed by atoms with E-state index in [0.29, 0.717) is 60.2 Å². The van der Waals surface area contributed by atoms with Crippen LogP contribution >= 0.6 is 34.5 Å². The molecule has 2 aliphatic rings. The van der Waals surface area contributed by atoms with Crippen molar-refractivity contribution in [2.24, 2.45) is 4.99 Å². The molecule has 0 amide bonds. The van der Waals surface area contributed by atoms with Gasteiger partial charge in [0.15, 0.2) is 27.8 Å². The molecule has 0 fully saturated rings. The minimum Gasteiger partial charge on any atom is -0.490 e. The standard InChI is InChI=1S/C33H28Cl2N2O7S/c1-4-40-26-12-19(6-10-24(26)42-16-21-7-9-22(34)15-23(21)35)13-28-31(38)37-30(20-8-11-25-27(14-20)44-17-43-25)29(32(39)41-5-2)18(3)36-33(37)45-28/h6-15,30H,4-5,16-17H2,1-3H3. The van der Waals surface area contributed by atoms with E-state index >= 15 is 0 Å². The topological polar surface area (TPSA) is 97.6 Å². The number of carbonyl (C=O) groups is 1. The Morgan fingerprint density at radius 2 is 1.84 bits per heavy atom. The van der Waals surface area contributed by atoms with E-state index in [4.69, 9.17) is 46.9 Å². The number of halogens is 2. The van der Waals surface area contributed by atoms with Crippen LogP contribution in [0.25, 0.3) is 6.08 Å². The summed E-state index contributed by atoms with van der Waals surface area (Å²) < 4.78 is 30.3. The lowest BCUT2D eigenvalue weighted by atomic mass is 9.95. The molecule has 0 bridgehead atoms.